The molecule has 0 saturated heterocycles. The molecule has 0 heterocycles. The highest BCUT2D eigenvalue weighted by atomic mass is 32.1. The molecule has 156 valence electrons. The van der Waals surface area contributed by atoms with E-state index in [-0.39, 0.29) is 0 Å². The molecule has 3 nitrogen and oxygen atoms in total. The predicted octanol–water partition coefficient (Wildman–Crippen LogP) is 7.00. The fourth-order valence-corrected chi connectivity index (χ4v) is 4.03. The van der Waals surface area contributed by atoms with Gasteiger partial charge in [-0.1, -0.05) is 42.5 Å². The first kappa shape index (κ1) is 20.9. The summed E-state index contributed by atoms with van der Waals surface area (Å²) in [6.07, 6.45) is 0. The van der Waals surface area contributed by atoms with Crippen LogP contribution in [0.3, 0.4) is 0 Å². The summed E-state index contributed by atoms with van der Waals surface area (Å²) in [5, 5.41) is 0. The topological polar surface area (TPSA) is 27.7 Å². The average molecular weight is 429 g/mol. The second-order valence-corrected chi connectivity index (χ2v) is 7.55. The number of ether oxygens (including phenoxy) is 3. The van der Waals surface area contributed by atoms with Gasteiger partial charge in [0.15, 0.2) is 0 Å². The van der Waals surface area contributed by atoms with Gasteiger partial charge in [-0.05, 0) is 70.3 Å². The van der Waals surface area contributed by atoms with E-state index in [0.29, 0.717) is 0 Å². The molecule has 0 unspecified atom stereocenters. The van der Waals surface area contributed by atoms with Crippen molar-refractivity contribution in [2.24, 2.45) is 0 Å². The van der Waals surface area contributed by atoms with Crippen LogP contribution in [-0.4, -0.2) is 21.3 Å². The Morgan fingerprint density at radius 2 is 0.839 bits per heavy atom. The summed E-state index contributed by atoms with van der Waals surface area (Å²) in [6, 6.07) is 28.5. The normalized spacial score (nSPS) is 10.6. The van der Waals surface area contributed by atoms with E-state index in [1.165, 1.54) is 0 Å². The van der Waals surface area contributed by atoms with Gasteiger partial charge in [0.1, 0.15) is 17.2 Å². The monoisotopic (exact) mass is 428 g/mol. The Bertz CT molecular complexity index is 1170. The lowest BCUT2D eigenvalue weighted by molar-refractivity contribution is 0.414. The molecule has 0 aliphatic heterocycles. The van der Waals surface area contributed by atoms with E-state index >= 15 is 0 Å². The van der Waals surface area contributed by atoms with E-state index in [1.54, 1.807) is 21.3 Å². The van der Waals surface area contributed by atoms with E-state index < -0.39 is 0 Å². The van der Waals surface area contributed by atoms with Crippen LogP contribution in [0.1, 0.15) is 0 Å². The van der Waals surface area contributed by atoms with E-state index in [9.17, 15) is 0 Å². The van der Waals surface area contributed by atoms with Gasteiger partial charge >= 0.3 is 0 Å². The third kappa shape index (κ3) is 4.25. The van der Waals surface area contributed by atoms with Crippen LogP contribution in [0.25, 0.3) is 33.4 Å². The second-order valence-electron chi connectivity index (χ2n) is 7.07. The SMILES string of the molecule is COc1ccc(-c2ccc(S)c(-c3ccc(OC)cc3)c2-c2ccc(OC)cc2)cc1. The largest absolute Gasteiger partial charge is 0.497 e. The summed E-state index contributed by atoms with van der Waals surface area (Å²) in [7, 11) is 5.02. The molecule has 4 aromatic carbocycles. The minimum atomic E-state index is 0.821. The van der Waals surface area contributed by atoms with Crippen LogP contribution in [0.4, 0.5) is 0 Å². The average Bonchev–Trinajstić information content (AvgIpc) is 2.84. The van der Waals surface area contributed by atoms with Gasteiger partial charge in [0, 0.05) is 10.5 Å². The van der Waals surface area contributed by atoms with Crippen LogP contribution >= 0.6 is 12.6 Å². The highest BCUT2D eigenvalue weighted by Crippen LogP contribution is 2.44. The number of thiol groups is 1. The molecule has 0 N–H and O–H groups in total. The highest BCUT2D eigenvalue weighted by Gasteiger charge is 2.17. The van der Waals surface area contributed by atoms with Crippen molar-refractivity contribution in [2.75, 3.05) is 21.3 Å². The zero-order valence-corrected chi connectivity index (χ0v) is 18.6. The minimum absolute atomic E-state index is 0.821. The van der Waals surface area contributed by atoms with Gasteiger partial charge in [-0.15, -0.1) is 12.6 Å². The first-order valence-corrected chi connectivity index (χ1v) is 10.4. The Balaban J connectivity index is 1.97. The van der Waals surface area contributed by atoms with Gasteiger partial charge in [0.2, 0.25) is 0 Å². The van der Waals surface area contributed by atoms with Crippen molar-refractivity contribution in [1.82, 2.24) is 0 Å². The van der Waals surface area contributed by atoms with Gasteiger partial charge in [0.05, 0.1) is 21.3 Å². The van der Waals surface area contributed by atoms with Gasteiger partial charge in [-0.25, -0.2) is 0 Å². The Hall–Kier alpha value is -3.37. The smallest absolute Gasteiger partial charge is 0.118 e. The number of rotatable bonds is 6. The molecule has 4 aromatic rings. The number of hydrogen-bond donors (Lipinski definition) is 1. The molecule has 0 atom stereocenters. The summed E-state index contributed by atoms with van der Waals surface area (Å²) < 4.78 is 16.1. The Morgan fingerprint density at radius 1 is 0.452 bits per heavy atom. The van der Waals surface area contributed by atoms with Crippen molar-refractivity contribution in [3.63, 3.8) is 0 Å². The minimum Gasteiger partial charge on any atom is -0.497 e. The molecule has 0 radical (unpaired) electrons. The van der Waals surface area contributed by atoms with Crippen molar-refractivity contribution in [3.8, 4) is 50.6 Å². The molecule has 31 heavy (non-hydrogen) atoms. The number of hydrogen-bond acceptors (Lipinski definition) is 4. The molecule has 0 aliphatic rings. The lowest BCUT2D eigenvalue weighted by Crippen LogP contribution is -1.93. The molecule has 0 aliphatic carbocycles. The van der Waals surface area contributed by atoms with Crippen LogP contribution in [0.2, 0.25) is 0 Å². The van der Waals surface area contributed by atoms with E-state index in [0.717, 1.165) is 55.5 Å². The summed E-state index contributed by atoms with van der Waals surface area (Å²) in [5.74, 6) is 2.47. The van der Waals surface area contributed by atoms with Crippen molar-refractivity contribution in [2.45, 2.75) is 4.90 Å². The van der Waals surface area contributed by atoms with Crippen molar-refractivity contribution in [1.29, 1.82) is 0 Å². The third-order valence-corrected chi connectivity index (χ3v) is 5.71. The molecule has 4 heteroatoms. The number of methoxy groups -OCH3 is 3. The maximum Gasteiger partial charge on any atom is 0.118 e. The fourth-order valence-electron chi connectivity index (χ4n) is 3.71. The van der Waals surface area contributed by atoms with Gasteiger partial charge in [-0.2, -0.15) is 0 Å². The summed E-state index contributed by atoms with van der Waals surface area (Å²) in [4.78, 5) is 0.910. The molecule has 0 bridgehead atoms. The standard InChI is InChI=1S/C27H24O3S/c1-28-21-10-4-18(5-11-21)24-16-17-25(31)27(20-8-14-23(30-3)15-9-20)26(24)19-6-12-22(29-2)13-7-19/h4-17,31H,1-3H3. The Kier molecular flexibility index (Phi) is 6.19. The Labute approximate surface area is 188 Å². The molecule has 0 spiro atoms. The first-order valence-electron chi connectivity index (χ1n) is 9.94. The molecular formula is C27H24O3S. The first-order chi connectivity index (χ1) is 15.1. The predicted molar refractivity (Wildman–Crippen MR) is 130 cm³/mol. The summed E-state index contributed by atoms with van der Waals surface area (Å²) >= 11 is 4.83. The summed E-state index contributed by atoms with van der Waals surface area (Å²) in [5.41, 5.74) is 6.58. The molecule has 0 aromatic heterocycles. The zero-order valence-electron chi connectivity index (χ0n) is 17.8. The van der Waals surface area contributed by atoms with Crippen LogP contribution < -0.4 is 14.2 Å². The molecule has 0 amide bonds. The number of benzene rings is 4. The van der Waals surface area contributed by atoms with Crippen molar-refractivity contribution >= 4 is 12.6 Å². The fraction of sp³-hybridized carbons (Fsp3) is 0.111. The quantitative estimate of drug-likeness (QED) is 0.335. The van der Waals surface area contributed by atoms with Crippen LogP contribution in [0, 0.1) is 0 Å². The van der Waals surface area contributed by atoms with Crippen LogP contribution in [0.15, 0.2) is 89.8 Å². The van der Waals surface area contributed by atoms with E-state index in [4.69, 9.17) is 26.8 Å². The maximum atomic E-state index is 5.37. The van der Waals surface area contributed by atoms with Crippen LogP contribution in [-0.2, 0) is 0 Å². The van der Waals surface area contributed by atoms with Crippen molar-refractivity contribution in [3.05, 3.63) is 84.9 Å². The molecule has 0 saturated carbocycles. The lowest BCUT2D eigenvalue weighted by Gasteiger charge is -2.19. The molecule has 4 rings (SSSR count). The van der Waals surface area contributed by atoms with Gasteiger partial charge in [-0.3, -0.25) is 0 Å². The van der Waals surface area contributed by atoms with Crippen molar-refractivity contribution < 1.29 is 14.2 Å². The lowest BCUT2D eigenvalue weighted by atomic mass is 9.87. The van der Waals surface area contributed by atoms with E-state index in [2.05, 4.69) is 48.5 Å². The van der Waals surface area contributed by atoms with Crippen LogP contribution in [0.5, 0.6) is 17.2 Å². The second kappa shape index (κ2) is 9.19. The Morgan fingerprint density at radius 3 is 1.26 bits per heavy atom. The third-order valence-electron chi connectivity index (χ3n) is 5.34. The van der Waals surface area contributed by atoms with E-state index in [1.807, 2.05) is 36.4 Å². The summed E-state index contributed by atoms with van der Waals surface area (Å²) in [6.45, 7) is 0. The van der Waals surface area contributed by atoms with Gasteiger partial charge < -0.3 is 14.2 Å². The molecule has 0 fully saturated rings. The zero-order chi connectivity index (χ0) is 21.8. The van der Waals surface area contributed by atoms with Gasteiger partial charge in [0.25, 0.3) is 0 Å². The molecular weight excluding hydrogens is 404 g/mol. The maximum absolute atomic E-state index is 5.37. The highest BCUT2D eigenvalue weighted by molar-refractivity contribution is 7.80.